The van der Waals surface area contributed by atoms with Crippen molar-refractivity contribution >= 4 is 11.8 Å². The van der Waals surface area contributed by atoms with Crippen molar-refractivity contribution in [3.05, 3.63) is 35.4 Å². The average Bonchev–Trinajstić information content (AvgIpc) is 2.80. The summed E-state index contributed by atoms with van der Waals surface area (Å²) in [5.41, 5.74) is 2.71. The normalized spacial score (nSPS) is 23.8. The van der Waals surface area contributed by atoms with Crippen molar-refractivity contribution in [1.29, 1.82) is 0 Å². The molecule has 1 atom stereocenters. The third kappa shape index (κ3) is 4.88. The fourth-order valence-electron chi connectivity index (χ4n) is 5.57. The summed E-state index contributed by atoms with van der Waals surface area (Å²) in [5, 5.41) is 3.37. The topological polar surface area (TPSA) is 52.7 Å². The lowest BCUT2D eigenvalue weighted by molar-refractivity contribution is -0.133. The van der Waals surface area contributed by atoms with Crippen LogP contribution in [-0.2, 0) is 16.0 Å². The Kier molecular flexibility index (Phi) is 7.08. The standard InChI is InChI=1S/C25H37N3O2/c1-2-6-24(29)28-17-13-21(14-18-28)27-15-11-20(12-16-27)25(30)26-23-10-5-8-19-7-3-4-9-22(19)23/h3-4,7,9,20-21,23H,2,5-6,8,10-18H2,1H3,(H,26,30). The highest BCUT2D eigenvalue weighted by Crippen LogP contribution is 2.31. The molecule has 0 radical (unpaired) electrons. The first-order chi connectivity index (χ1) is 14.7. The molecule has 1 aliphatic carbocycles. The zero-order valence-corrected chi connectivity index (χ0v) is 18.4. The predicted molar refractivity (Wildman–Crippen MR) is 119 cm³/mol. The van der Waals surface area contributed by atoms with Crippen LogP contribution < -0.4 is 5.32 Å². The van der Waals surface area contributed by atoms with E-state index in [1.165, 1.54) is 11.1 Å². The second-order valence-electron chi connectivity index (χ2n) is 9.32. The first kappa shape index (κ1) is 21.4. The van der Waals surface area contributed by atoms with Crippen LogP contribution in [0, 0.1) is 5.92 Å². The van der Waals surface area contributed by atoms with Gasteiger partial charge in [-0.05, 0) is 75.6 Å². The number of aryl methyl sites for hydroxylation is 1. The van der Waals surface area contributed by atoms with Gasteiger partial charge in [-0.2, -0.15) is 0 Å². The lowest BCUT2D eigenvalue weighted by Gasteiger charge is -2.41. The molecule has 1 aromatic rings. The van der Waals surface area contributed by atoms with Crippen LogP contribution in [0.4, 0.5) is 0 Å². The van der Waals surface area contributed by atoms with Crippen LogP contribution in [0.2, 0.25) is 0 Å². The maximum atomic E-state index is 13.0. The summed E-state index contributed by atoms with van der Waals surface area (Å²) in [6.45, 7) is 5.87. The number of piperidine rings is 2. The fourth-order valence-corrected chi connectivity index (χ4v) is 5.57. The molecule has 3 aliphatic rings. The van der Waals surface area contributed by atoms with Crippen molar-refractivity contribution in [2.24, 2.45) is 5.92 Å². The Bertz CT molecular complexity index is 734. The number of rotatable bonds is 5. The summed E-state index contributed by atoms with van der Waals surface area (Å²) in [6.07, 6.45) is 9.00. The molecule has 2 fully saturated rings. The SMILES string of the molecule is CCCC(=O)N1CCC(N2CCC(C(=O)NC3CCCc4ccccc43)CC2)CC1. The van der Waals surface area contributed by atoms with E-state index in [4.69, 9.17) is 0 Å². The van der Waals surface area contributed by atoms with Crippen molar-refractivity contribution < 1.29 is 9.59 Å². The summed E-state index contributed by atoms with van der Waals surface area (Å²) in [7, 11) is 0. The third-order valence-corrected chi connectivity index (χ3v) is 7.38. The Morgan fingerprint density at radius 2 is 1.73 bits per heavy atom. The van der Waals surface area contributed by atoms with Gasteiger partial charge >= 0.3 is 0 Å². The van der Waals surface area contributed by atoms with E-state index in [-0.39, 0.29) is 17.9 Å². The van der Waals surface area contributed by atoms with Crippen molar-refractivity contribution in [3.63, 3.8) is 0 Å². The van der Waals surface area contributed by atoms with Crippen LogP contribution in [0.5, 0.6) is 0 Å². The van der Waals surface area contributed by atoms with Gasteiger partial charge in [0, 0.05) is 31.5 Å². The predicted octanol–water partition coefficient (Wildman–Crippen LogP) is 3.68. The molecule has 2 saturated heterocycles. The number of hydrogen-bond donors (Lipinski definition) is 1. The fraction of sp³-hybridized carbons (Fsp3) is 0.680. The highest BCUT2D eigenvalue weighted by Gasteiger charge is 2.32. The summed E-state index contributed by atoms with van der Waals surface area (Å²) in [5.74, 6) is 0.702. The Balaban J connectivity index is 1.23. The summed E-state index contributed by atoms with van der Waals surface area (Å²) in [6, 6.07) is 9.33. The number of benzene rings is 1. The maximum Gasteiger partial charge on any atom is 0.223 e. The minimum atomic E-state index is 0.140. The van der Waals surface area contributed by atoms with Gasteiger partial charge in [0.25, 0.3) is 0 Å². The molecule has 30 heavy (non-hydrogen) atoms. The van der Waals surface area contributed by atoms with E-state index in [0.29, 0.717) is 18.4 Å². The molecule has 2 aliphatic heterocycles. The lowest BCUT2D eigenvalue weighted by Crippen LogP contribution is -2.50. The van der Waals surface area contributed by atoms with Gasteiger partial charge in [-0.25, -0.2) is 0 Å². The molecule has 4 rings (SSSR count). The number of nitrogens with zero attached hydrogens (tertiary/aromatic N) is 2. The summed E-state index contributed by atoms with van der Waals surface area (Å²) >= 11 is 0. The average molecular weight is 412 g/mol. The second kappa shape index (κ2) is 9.95. The molecule has 2 heterocycles. The highest BCUT2D eigenvalue weighted by atomic mass is 16.2. The van der Waals surface area contributed by atoms with Crippen molar-refractivity contribution in [2.75, 3.05) is 26.2 Å². The van der Waals surface area contributed by atoms with E-state index >= 15 is 0 Å². The number of carbonyl (C=O) groups is 2. The van der Waals surface area contributed by atoms with Crippen LogP contribution in [0.3, 0.4) is 0 Å². The first-order valence-electron chi connectivity index (χ1n) is 12.1. The van der Waals surface area contributed by atoms with E-state index in [1.54, 1.807) is 0 Å². The van der Waals surface area contributed by atoms with Crippen LogP contribution in [0.25, 0.3) is 0 Å². The van der Waals surface area contributed by atoms with E-state index in [2.05, 4.69) is 41.4 Å². The Morgan fingerprint density at radius 1 is 1.00 bits per heavy atom. The Labute approximate surface area is 181 Å². The van der Waals surface area contributed by atoms with E-state index in [1.807, 2.05) is 4.90 Å². The molecule has 0 bridgehead atoms. The van der Waals surface area contributed by atoms with Gasteiger partial charge in [0.2, 0.25) is 11.8 Å². The van der Waals surface area contributed by atoms with Gasteiger partial charge < -0.3 is 15.1 Å². The van der Waals surface area contributed by atoms with Crippen LogP contribution in [0.15, 0.2) is 24.3 Å². The van der Waals surface area contributed by atoms with Gasteiger partial charge in [0.1, 0.15) is 0 Å². The van der Waals surface area contributed by atoms with E-state index in [0.717, 1.165) is 77.5 Å². The zero-order valence-electron chi connectivity index (χ0n) is 18.4. The van der Waals surface area contributed by atoms with Crippen LogP contribution >= 0.6 is 0 Å². The van der Waals surface area contributed by atoms with Crippen molar-refractivity contribution in [1.82, 2.24) is 15.1 Å². The number of nitrogens with one attached hydrogen (secondary N) is 1. The molecule has 1 unspecified atom stereocenters. The molecule has 0 aromatic heterocycles. The molecule has 0 spiro atoms. The molecule has 0 saturated carbocycles. The summed E-state index contributed by atoms with van der Waals surface area (Å²) < 4.78 is 0. The number of carbonyl (C=O) groups excluding carboxylic acids is 2. The molecule has 5 nitrogen and oxygen atoms in total. The smallest absolute Gasteiger partial charge is 0.223 e. The first-order valence-corrected chi connectivity index (χ1v) is 12.1. The minimum absolute atomic E-state index is 0.140. The molecule has 1 N–H and O–H groups in total. The van der Waals surface area contributed by atoms with Gasteiger partial charge in [0.15, 0.2) is 0 Å². The Hall–Kier alpha value is -1.88. The maximum absolute atomic E-state index is 13.0. The van der Waals surface area contributed by atoms with Gasteiger partial charge in [-0.3, -0.25) is 9.59 Å². The van der Waals surface area contributed by atoms with E-state index in [9.17, 15) is 9.59 Å². The molecule has 164 valence electrons. The number of amides is 2. The lowest BCUT2D eigenvalue weighted by atomic mass is 9.86. The third-order valence-electron chi connectivity index (χ3n) is 7.38. The van der Waals surface area contributed by atoms with Gasteiger partial charge in [0.05, 0.1) is 6.04 Å². The van der Waals surface area contributed by atoms with Crippen LogP contribution in [-0.4, -0.2) is 53.8 Å². The van der Waals surface area contributed by atoms with Gasteiger partial charge in [-0.1, -0.05) is 31.2 Å². The number of fused-ring (bicyclic) bond motifs is 1. The largest absolute Gasteiger partial charge is 0.349 e. The molecular weight excluding hydrogens is 374 g/mol. The Morgan fingerprint density at radius 3 is 2.47 bits per heavy atom. The van der Waals surface area contributed by atoms with Crippen molar-refractivity contribution in [2.45, 2.75) is 76.8 Å². The van der Waals surface area contributed by atoms with Crippen LogP contribution in [0.1, 0.15) is 75.5 Å². The number of hydrogen-bond acceptors (Lipinski definition) is 3. The molecule has 1 aromatic carbocycles. The second-order valence-corrected chi connectivity index (χ2v) is 9.32. The quantitative estimate of drug-likeness (QED) is 0.804. The molecule has 5 heteroatoms. The molecular formula is C25H37N3O2. The highest BCUT2D eigenvalue weighted by molar-refractivity contribution is 5.79. The van der Waals surface area contributed by atoms with Gasteiger partial charge in [-0.15, -0.1) is 0 Å². The number of likely N-dealkylation sites (tertiary alicyclic amines) is 2. The van der Waals surface area contributed by atoms with E-state index < -0.39 is 0 Å². The summed E-state index contributed by atoms with van der Waals surface area (Å²) in [4.78, 5) is 29.7. The van der Waals surface area contributed by atoms with Crippen molar-refractivity contribution in [3.8, 4) is 0 Å². The zero-order chi connectivity index (χ0) is 20.9. The molecule has 2 amide bonds. The monoisotopic (exact) mass is 411 g/mol. The minimum Gasteiger partial charge on any atom is -0.349 e.